The van der Waals surface area contributed by atoms with Crippen molar-refractivity contribution in [2.45, 2.75) is 52.1 Å². The lowest BCUT2D eigenvalue weighted by atomic mass is 9.53. The van der Waals surface area contributed by atoms with Gasteiger partial charge in [0.1, 0.15) is 0 Å². The molecule has 1 aromatic rings. The fourth-order valence-corrected chi connectivity index (χ4v) is 7.86. The normalized spacial score (nSPS) is 37.4. The van der Waals surface area contributed by atoms with Crippen LogP contribution < -0.4 is 5.73 Å². The first-order valence-corrected chi connectivity index (χ1v) is 12.1. The van der Waals surface area contributed by atoms with Crippen LogP contribution in [0, 0.1) is 23.2 Å². The van der Waals surface area contributed by atoms with Crippen LogP contribution >= 0.6 is 23.1 Å². The first-order valence-electron chi connectivity index (χ1n) is 10.1. The molecule has 3 aliphatic rings. The first kappa shape index (κ1) is 19.5. The van der Waals surface area contributed by atoms with Crippen LogP contribution in [0.25, 0.3) is 0 Å². The maximum Gasteiger partial charge on any atom is 0.225 e. The number of thioether (sulfide) groups is 1. The summed E-state index contributed by atoms with van der Waals surface area (Å²) in [6.45, 7) is 8.20. The second-order valence-corrected chi connectivity index (χ2v) is 11.3. The van der Waals surface area contributed by atoms with Crippen LogP contribution in [0.3, 0.4) is 0 Å². The molecule has 1 saturated heterocycles. The number of nitrogens with zero attached hydrogens (tertiary/aromatic N) is 2. The average molecular weight is 410 g/mol. The van der Waals surface area contributed by atoms with Crippen LogP contribution in [0.2, 0.25) is 0 Å². The van der Waals surface area contributed by atoms with Gasteiger partial charge in [0.15, 0.2) is 5.13 Å². The van der Waals surface area contributed by atoms with Crippen LogP contribution in [0.1, 0.15) is 50.1 Å². The third-order valence-electron chi connectivity index (χ3n) is 7.29. The van der Waals surface area contributed by atoms with E-state index < -0.39 is 6.10 Å². The van der Waals surface area contributed by atoms with E-state index in [0.717, 1.165) is 49.6 Å². The third kappa shape index (κ3) is 3.29. The van der Waals surface area contributed by atoms with Gasteiger partial charge in [0.2, 0.25) is 5.91 Å². The Morgan fingerprint density at radius 2 is 2.11 bits per heavy atom. The highest BCUT2D eigenvalue weighted by molar-refractivity contribution is 7.99. The smallest absolute Gasteiger partial charge is 0.225 e. The number of anilines is 1. The Kier molecular flexibility index (Phi) is 5.23. The van der Waals surface area contributed by atoms with E-state index in [-0.39, 0.29) is 35.0 Å². The van der Waals surface area contributed by atoms with E-state index in [2.05, 4.69) is 18.8 Å². The molecule has 1 aromatic heterocycles. The molecule has 150 valence electrons. The van der Waals surface area contributed by atoms with Gasteiger partial charge >= 0.3 is 0 Å². The number of aliphatic hydroxyl groups excluding tert-OH is 1. The molecule has 0 unspecified atom stereocenters. The number of nitrogen functional groups attached to an aromatic ring is 1. The first-order chi connectivity index (χ1) is 12.8. The number of thiazole rings is 1. The summed E-state index contributed by atoms with van der Waals surface area (Å²) in [5, 5.41) is 12.1. The highest BCUT2D eigenvalue weighted by atomic mass is 32.2. The highest BCUT2D eigenvalue weighted by Gasteiger charge is 2.54. The Bertz CT molecular complexity index is 718. The van der Waals surface area contributed by atoms with Gasteiger partial charge in [-0.25, -0.2) is 4.98 Å². The summed E-state index contributed by atoms with van der Waals surface area (Å²) in [7, 11) is 0. The largest absolute Gasteiger partial charge is 0.392 e. The number of nitrogens with two attached hydrogens (primary N) is 1. The molecule has 3 N–H and O–H groups in total. The van der Waals surface area contributed by atoms with Crippen molar-refractivity contribution in [1.29, 1.82) is 0 Å². The number of hydrogen-bond acceptors (Lipinski definition) is 6. The molecule has 1 saturated carbocycles. The summed E-state index contributed by atoms with van der Waals surface area (Å²) in [6, 6.07) is 0. The maximum atomic E-state index is 13.0. The number of amides is 1. The Balaban J connectivity index is 1.56. The second kappa shape index (κ2) is 7.23. The molecule has 27 heavy (non-hydrogen) atoms. The zero-order chi connectivity index (χ0) is 19.3. The molecule has 1 aliphatic heterocycles. The molecule has 4 rings (SSSR count). The fraction of sp³-hybridized carbons (Fsp3) is 0.800. The molecule has 0 bridgehead atoms. The SMILES string of the molecule is C[C@H](C(=O)N1CCSCC1)[C@@H]1CC[C@]2(C)Cc3sc(N)nc3[C@@H](C)[C@@H]2[C@H]1O. The van der Waals surface area contributed by atoms with Crippen LogP contribution in [-0.4, -0.2) is 51.6 Å². The van der Waals surface area contributed by atoms with Gasteiger partial charge in [-0.2, -0.15) is 11.8 Å². The number of aromatic nitrogens is 1. The minimum absolute atomic E-state index is 0.0325. The van der Waals surface area contributed by atoms with Crippen molar-refractivity contribution in [3.8, 4) is 0 Å². The predicted octanol–water partition coefficient (Wildman–Crippen LogP) is 2.99. The number of hydrogen-bond donors (Lipinski definition) is 2. The third-order valence-corrected chi connectivity index (χ3v) is 9.14. The molecule has 7 heteroatoms. The molecule has 0 radical (unpaired) electrons. The zero-order valence-corrected chi connectivity index (χ0v) is 18.1. The number of carbonyl (C=O) groups excluding carboxylic acids is 1. The molecule has 0 aromatic carbocycles. The summed E-state index contributed by atoms with van der Waals surface area (Å²) in [6.07, 6.45) is 2.45. The van der Waals surface area contributed by atoms with Gasteiger partial charge in [0.25, 0.3) is 0 Å². The van der Waals surface area contributed by atoms with Crippen LogP contribution in [0.4, 0.5) is 5.13 Å². The summed E-state index contributed by atoms with van der Waals surface area (Å²) in [5.41, 5.74) is 7.12. The Morgan fingerprint density at radius 1 is 1.41 bits per heavy atom. The quantitative estimate of drug-likeness (QED) is 0.785. The Hall–Kier alpha value is -0.790. The summed E-state index contributed by atoms with van der Waals surface area (Å²) < 4.78 is 0. The molecule has 5 nitrogen and oxygen atoms in total. The number of carbonyl (C=O) groups is 1. The van der Waals surface area contributed by atoms with Gasteiger partial charge in [0, 0.05) is 41.3 Å². The van der Waals surface area contributed by atoms with Crippen molar-refractivity contribution in [3.05, 3.63) is 10.6 Å². The van der Waals surface area contributed by atoms with E-state index in [0.29, 0.717) is 5.13 Å². The Labute approximate surface area is 170 Å². The van der Waals surface area contributed by atoms with Crippen molar-refractivity contribution in [2.24, 2.45) is 23.2 Å². The lowest BCUT2D eigenvalue weighted by Crippen LogP contribution is -2.54. The van der Waals surface area contributed by atoms with Crippen molar-refractivity contribution in [1.82, 2.24) is 9.88 Å². The van der Waals surface area contributed by atoms with Crippen molar-refractivity contribution < 1.29 is 9.90 Å². The van der Waals surface area contributed by atoms with Crippen LogP contribution in [0.15, 0.2) is 0 Å². The fourth-order valence-electron chi connectivity index (χ4n) is 5.82. The minimum atomic E-state index is -0.465. The van der Waals surface area contributed by atoms with Crippen LogP contribution in [-0.2, 0) is 11.2 Å². The summed E-state index contributed by atoms with van der Waals surface area (Å²) >= 11 is 3.52. The van der Waals surface area contributed by atoms with Crippen molar-refractivity contribution in [2.75, 3.05) is 30.3 Å². The van der Waals surface area contributed by atoms with E-state index in [1.165, 1.54) is 4.88 Å². The molecular formula is C20H31N3O2S2. The standard InChI is InChI=1S/C20H31N3O2S2/c1-11(18(25)23-6-8-26-9-7-23)13-4-5-20(3)10-14-16(22-19(21)27-14)12(2)15(20)17(13)24/h11-13,15,17,24H,4-10H2,1-3H3,(H2,21,22)/t11-,12-,13-,15+,17-,20+/m0/s1. The van der Waals surface area contributed by atoms with Gasteiger partial charge in [0.05, 0.1) is 11.8 Å². The topological polar surface area (TPSA) is 79.5 Å². The molecular weight excluding hydrogens is 378 g/mol. The van der Waals surface area contributed by atoms with Crippen LogP contribution in [0.5, 0.6) is 0 Å². The molecule has 6 atom stereocenters. The van der Waals surface area contributed by atoms with E-state index >= 15 is 0 Å². The number of rotatable bonds is 2. The molecule has 2 heterocycles. The van der Waals surface area contributed by atoms with Gasteiger partial charge in [-0.3, -0.25) is 4.79 Å². The molecule has 2 aliphatic carbocycles. The van der Waals surface area contributed by atoms with E-state index in [9.17, 15) is 9.90 Å². The predicted molar refractivity (Wildman–Crippen MR) is 112 cm³/mol. The number of aliphatic hydroxyl groups is 1. The monoisotopic (exact) mass is 409 g/mol. The van der Waals surface area contributed by atoms with E-state index in [1.807, 2.05) is 23.6 Å². The van der Waals surface area contributed by atoms with Crippen molar-refractivity contribution in [3.63, 3.8) is 0 Å². The minimum Gasteiger partial charge on any atom is -0.392 e. The highest BCUT2D eigenvalue weighted by Crippen LogP contribution is 2.57. The molecule has 0 spiro atoms. The van der Waals surface area contributed by atoms with Crippen molar-refractivity contribution >= 4 is 34.1 Å². The summed E-state index contributed by atoms with van der Waals surface area (Å²) in [4.78, 5) is 20.9. The maximum absolute atomic E-state index is 13.0. The summed E-state index contributed by atoms with van der Waals surface area (Å²) in [5.74, 6) is 2.50. The van der Waals surface area contributed by atoms with Gasteiger partial charge in [-0.05, 0) is 36.5 Å². The van der Waals surface area contributed by atoms with E-state index in [4.69, 9.17) is 5.73 Å². The zero-order valence-electron chi connectivity index (χ0n) is 16.5. The second-order valence-electron chi connectivity index (χ2n) is 8.93. The van der Waals surface area contributed by atoms with Gasteiger partial charge in [-0.15, -0.1) is 11.3 Å². The lowest BCUT2D eigenvalue weighted by molar-refractivity contribution is -0.144. The van der Waals surface area contributed by atoms with Gasteiger partial charge < -0.3 is 15.7 Å². The van der Waals surface area contributed by atoms with E-state index in [1.54, 1.807) is 11.3 Å². The number of fused-ring (bicyclic) bond motifs is 2. The lowest BCUT2D eigenvalue weighted by Gasteiger charge is -2.53. The molecule has 1 amide bonds. The average Bonchev–Trinajstić information content (AvgIpc) is 3.01. The van der Waals surface area contributed by atoms with Gasteiger partial charge in [-0.1, -0.05) is 20.8 Å². The molecule has 2 fully saturated rings. The Morgan fingerprint density at radius 3 is 2.81 bits per heavy atom.